The molecule has 4 rings (SSSR count). The minimum absolute atomic E-state index is 0.0417. The van der Waals surface area contributed by atoms with E-state index in [0.29, 0.717) is 28.9 Å². The van der Waals surface area contributed by atoms with Gasteiger partial charge in [-0.2, -0.15) is 0 Å². The standard InChI is InChI=1S/C32H36N2O5/c1-7-37-30(35)29-28(34-31(36)32(4,5)6)27-24(33-29)17-18-25(38-19-21-11-9-8-10-12-21)26(27)22-13-15-23(16-14-22)39-20(2)3/h8-18,20,33H,7,19H2,1-6H3,(H,34,36). The summed E-state index contributed by atoms with van der Waals surface area (Å²) in [6, 6.07) is 21.3. The quantitative estimate of drug-likeness (QED) is 0.222. The first kappa shape index (κ1) is 27.8. The van der Waals surface area contributed by atoms with Crippen LogP contribution >= 0.6 is 0 Å². The van der Waals surface area contributed by atoms with Crippen molar-refractivity contribution in [1.29, 1.82) is 0 Å². The molecule has 7 nitrogen and oxygen atoms in total. The van der Waals surface area contributed by atoms with Crippen LogP contribution in [0.3, 0.4) is 0 Å². The number of hydrogen-bond donors (Lipinski definition) is 2. The van der Waals surface area contributed by atoms with Crippen LogP contribution < -0.4 is 14.8 Å². The fourth-order valence-corrected chi connectivity index (χ4v) is 4.17. The summed E-state index contributed by atoms with van der Waals surface area (Å²) in [4.78, 5) is 29.4. The summed E-state index contributed by atoms with van der Waals surface area (Å²) in [5.41, 5.74) is 3.15. The number of carbonyl (C=O) groups excluding carboxylic acids is 2. The van der Waals surface area contributed by atoms with E-state index in [9.17, 15) is 9.59 Å². The molecule has 2 N–H and O–H groups in total. The number of hydrogen-bond acceptors (Lipinski definition) is 5. The molecule has 0 saturated carbocycles. The van der Waals surface area contributed by atoms with Crippen LogP contribution in [0.2, 0.25) is 0 Å². The van der Waals surface area contributed by atoms with Crippen LogP contribution in [0.1, 0.15) is 57.6 Å². The Morgan fingerprint density at radius 1 is 0.949 bits per heavy atom. The van der Waals surface area contributed by atoms with Crippen molar-refractivity contribution in [3.8, 4) is 22.6 Å². The number of benzene rings is 3. The molecule has 0 atom stereocenters. The first-order valence-electron chi connectivity index (χ1n) is 13.2. The van der Waals surface area contributed by atoms with Crippen molar-refractivity contribution in [3.63, 3.8) is 0 Å². The van der Waals surface area contributed by atoms with Crippen LogP contribution in [0.5, 0.6) is 11.5 Å². The number of anilines is 1. The zero-order chi connectivity index (χ0) is 28.2. The van der Waals surface area contributed by atoms with Crippen LogP contribution in [0.4, 0.5) is 5.69 Å². The lowest BCUT2D eigenvalue weighted by Gasteiger charge is -2.19. The van der Waals surface area contributed by atoms with Crippen molar-refractivity contribution in [2.75, 3.05) is 11.9 Å². The molecule has 0 aliphatic carbocycles. The predicted octanol–water partition coefficient (Wildman–Crippen LogP) is 7.36. The number of esters is 1. The van der Waals surface area contributed by atoms with E-state index >= 15 is 0 Å². The van der Waals surface area contributed by atoms with Crippen molar-refractivity contribution in [2.45, 2.75) is 54.3 Å². The highest BCUT2D eigenvalue weighted by Gasteiger charge is 2.29. The summed E-state index contributed by atoms with van der Waals surface area (Å²) >= 11 is 0. The lowest BCUT2D eigenvalue weighted by Crippen LogP contribution is -2.28. The van der Waals surface area contributed by atoms with E-state index in [1.807, 2.05) is 101 Å². The molecule has 1 aromatic heterocycles. The largest absolute Gasteiger partial charge is 0.491 e. The maximum Gasteiger partial charge on any atom is 0.356 e. The lowest BCUT2D eigenvalue weighted by atomic mass is 9.94. The van der Waals surface area contributed by atoms with Crippen LogP contribution in [-0.4, -0.2) is 29.6 Å². The molecule has 1 amide bonds. The van der Waals surface area contributed by atoms with E-state index in [-0.39, 0.29) is 24.3 Å². The second-order valence-corrected chi connectivity index (χ2v) is 10.6. The smallest absolute Gasteiger partial charge is 0.356 e. The maximum absolute atomic E-state index is 13.2. The first-order valence-corrected chi connectivity index (χ1v) is 13.2. The Labute approximate surface area is 229 Å². The van der Waals surface area contributed by atoms with Gasteiger partial charge in [0.05, 0.1) is 18.4 Å². The average Bonchev–Trinajstić information content (AvgIpc) is 3.26. The van der Waals surface area contributed by atoms with Gasteiger partial charge in [-0.1, -0.05) is 63.2 Å². The van der Waals surface area contributed by atoms with Gasteiger partial charge >= 0.3 is 5.97 Å². The third-order valence-corrected chi connectivity index (χ3v) is 6.08. The van der Waals surface area contributed by atoms with Crippen LogP contribution in [-0.2, 0) is 16.1 Å². The van der Waals surface area contributed by atoms with Crippen LogP contribution in [0.15, 0.2) is 66.7 Å². The van der Waals surface area contributed by atoms with E-state index in [1.54, 1.807) is 6.92 Å². The summed E-state index contributed by atoms with van der Waals surface area (Å²) in [6.45, 7) is 11.7. The number of rotatable bonds is 9. The zero-order valence-electron chi connectivity index (χ0n) is 23.4. The second-order valence-electron chi connectivity index (χ2n) is 10.6. The maximum atomic E-state index is 13.2. The second kappa shape index (κ2) is 11.6. The van der Waals surface area contributed by atoms with Gasteiger partial charge in [0.1, 0.15) is 23.8 Å². The molecule has 0 spiro atoms. The fourth-order valence-electron chi connectivity index (χ4n) is 4.17. The van der Waals surface area contributed by atoms with Gasteiger partial charge in [0, 0.05) is 21.9 Å². The number of aromatic nitrogens is 1. The number of ether oxygens (including phenoxy) is 3. The predicted molar refractivity (Wildman–Crippen MR) is 154 cm³/mol. The third kappa shape index (κ3) is 6.42. The van der Waals surface area contributed by atoms with Crippen molar-refractivity contribution in [2.24, 2.45) is 5.41 Å². The topological polar surface area (TPSA) is 89.7 Å². The molecule has 0 radical (unpaired) electrons. The Hall–Kier alpha value is -4.26. The van der Waals surface area contributed by atoms with E-state index < -0.39 is 11.4 Å². The van der Waals surface area contributed by atoms with E-state index in [0.717, 1.165) is 22.4 Å². The fraction of sp³-hybridized carbons (Fsp3) is 0.312. The number of nitrogens with one attached hydrogen (secondary N) is 2. The number of carbonyl (C=O) groups is 2. The van der Waals surface area contributed by atoms with Crippen molar-refractivity contribution < 1.29 is 23.8 Å². The van der Waals surface area contributed by atoms with Gasteiger partial charge in [0.25, 0.3) is 0 Å². The van der Waals surface area contributed by atoms with E-state index in [4.69, 9.17) is 14.2 Å². The van der Waals surface area contributed by atoms with Gasteiger partial charge in [-0.15, -0.1) is 0 Å². The average molecular weight is 529 g/mol. The van der Waals surface area contributed by atoms with Crippen molar-refractivity contribution >= 4 is 28.5 Å². The number of amides is 1. The summed E-state index contributed by atoms with van der Waals surface area (Å²) in [6.07, 6.45) is 0.0417. The molecule has 0 fully saturated rings. The molecular weight excluding hydrogens is 492 g/mol. The van der Waals surface area contributed by atoms with Crippen LogP contribution in [0, 0.1) is 5.41 Å². The highest BCUT2D eigenvalue weighted by molar-refractivity contribution is 6.17. The Kier molecular flexibility index (Phi) is 8.29. The third-order valence-electron chi connectivity index (χ3n) is 6.08. The Morgan fingerprint density at radius 3 is 2.26 bits per heavy atom. The minimum atomic E-state index is -0.688. The van der Waals surface area contributed by atoms with Gasteiger partial charge in [-0.3, -0.25) is 4.79 Å². The Morgan fingerprint density at radius 2 is 1.64 bits per heavy atom. The van der Waals surface area contributed by atoms with Gasteiger partial charge in [-0.05, 0) is 56.2 Å². The van der Waals surface area contributed by atoms with Gasteiger partial charge in [-0.25, -0.2) is 4.79 Å². The van der Waals surface area contributed by atoms with Gasteiger partial charge < -0.3 is 24.5 Å². The molecular formula is C32H36N2O5. The monoisotopic (exact) mass is 528 g/mol. The van der Waals surface area contributed by atoms with E-state index in [2.05, 4.69) is 10.3 Å². The number of aromatic amines is 1. The van der Waals surface area contributed by atoms with E-state index in [1.165, 1.54) is 0 Å². The molecule has 3 aromatic carbocycles. The molecule has 0 saturated heterocycles. The van der Waals surface area contributed by atoms with Gasteiger partial charge in [0.2, 0.25) is 5.91 Å². The highest BCUT2D eigenvalue weighted by Crippen LogP contribution is 2.43. The SMILES string of the molecule is CCOC(=O)c1[nH]c2ccc(OCc3ccccc3)c(-c3ccc(OC(C)C)cc3)c2c1NC(=O)C(C)(C)C. The summed E-state index contributed by atoms with van der Waals surface area (Å²) in [7, 11) is 0. The number of fused-ring (bicyclic) bond motifs is 1. The first-order chi connectivity index (χ1) is 18.6. The van der Waals surface area contributed by atoms with Gasteiger partial charge in [0.15, 0.2) is 0 Å². The zero-order valence-corrected chi connectivity index (χ0v) is 23.4. The Balaban J connectivity index is 1.93. The molecule has 0 bridgehead atoms. The molecule has 0 aliphatic heterocycles. The molecule has 204 valence electrons. The van der Waals surface area contributed by atoms with Crippen molar-refractivity contribution in [1.82, 2.24) is 4.98 Å². The van der Waals surface area contributed by atoms with Crippen molar-refractivity contribution in [3.05, 3.63) is 78.0 Å². The molecule has 0 aliphatic rings. The normalized spacial score (nSPS) is 11.5. The number of H-pyrrole nitrogens is 1. The summed E-state index contributed by atoms with van der Waals surface area (Å²) < 4.78 is 17.5. The molecule has 0 unspecified atom stereocenters. The Bertz CT molecular complexity index is 1450. The molecule has 7 heteroatoms. The lowest BCUT2D eigenvalue weighted by molar-refractivity contribution is -0.123. The summed E-state index contributed by atoms with van der Waals surface area (Å²) in [5.74, 6) is 0.590. The van der Waals surface area contributed by atoms with Crippen LogP contribution in [0.25, 0.3) is 22.0 Å². The minimum Gasteiger partial charge on any atom is -0.491 e. The highest BCUT2D eigenvalue weighted by atomic mass is 16.5. The molecule has 39 heavy (non-hydrogen) atoms. The summed E-state index contributed by atoms with van der Waals surface area (Å²) in [5, 5.41) is 3.68. The molecule has 1 heterocycles. The molecule has 4 aromatic rings.